The third kappa shape index (κ3) is 1.42. The second-order valence-corrected chi connectivity index (χ2v) is 4.16. The molecule has 1 nitrogen and oxygen atoms in total. The number of carbonyl (C=O) groups excluding carboxylic acids is 1. The van der Waals surface area contributed by atoms with Crippen LogP contribution in [0.15, 0.2) is 12.2 Å². The van der Waals surface area contributed by atoms with Crippen LogP contribution in [0, 0.1) is 17.8 Å². The molecule has 0 aromatic carbocycles. The molecule has 12 heavy (non-hydrogen) atoms. The Kier molecular flexibility index (Phi) is 2.22. The first-order valence-corrected chi connectivity index (χ1v) is 5.03. The molecule has 1 saturated carbocycles. The Morgan fingerprint density at radius 3 is 2.08 bits per heavy atom. The predicted molar refractivity (Wildman–Crippen MR) is 48.9 cm³/mol. The van der Waals surface area contributed by atoms with E-state index in [0.29, 0.717) is 11.8 Å². The average molecular weight is 185 g/mol. The first-order chi connectivity index (χ1) is 5.80. The van der Waals surface area contributed by atoms with Gasteiger partial charge in [-0.3, -0.25) is 4.79 Å². The summed E-state index contributed by atoms with van der Waals surface area (Å²) in [4.78, 5) is 10.9. The third-order valence-electron chi connectivity index (χ3n) is 3.09. The number of fused-ring (bicyclic) bond motifs is 1. The van der Waals surface area contributed by atoms with E-state index in [1.807, 2.05) is 0 Å². The third-order valence-corrected chi connectivity index (χ3v) is 3.35. The molecule has 2 heteroatoms. The van der Waals surface area contributed by atoms with Gasteiger partial charge in [-0.15, -0.1) is 0 Å². The van der Waals surface area contributed by atoms with Crippen LogP contribution in [0.3, 0.4) is 0 Å². The van der Waals surface area contributed by atoms with Crippen LogP contribution in [-0.4, -0.2) is 5.24 Å². The van der Waals surface area contributed by atoms with Crippen molar-refractivity contribution in [3.05, 3.63) is 12.2 Å². The van der Waals surface area contributed by atoms with Crippen LogP contribution in [0.25, 0.3) is 0 Å². The van der Waals surface area contributed by atoms with Crippen LogP contribution >= 0.6 is 11.6 Å². The van der Waals surface area contributed by atoms with Gasteiger partial charge in [0.05, 0.1) is 0 Å². The summed E-state index contributed by atoms with van der Waals surface area (Å²) in [6, 6.07) is 0. The lowest BCUT2D eigenvalue weighted by Gasteiger charge is -1.99. The molecule has 0 aliphatic heterocycles. The number of hydrogen-bond acceptors (Lipinski definition) is 1. The molecule has 1 unspecified atom stereocenters. The zero-order chi connectivity index (χ0) is 8.55. The van der Waals surface area contributed by atoms with Gasteiger partial charge in [0, 0.05) is 5.92 Å². The van der Waals surface area contributed by atoms with Crippen LogP contribution < -0.4 is 0 Å². The fourth-order valence-corrected chi connectivity index (χ4v) is 2.71. The van der Waals surface area contributed by atoms with Gasteiger partial charge in [-0.1, -0.05) is 12.2 Å². The van der Waals surface area contributed by atoms with Crippen molar-refractivity contribution in [3.8, 4) is 0 Å². The molecular weight excluding hydrogens is 172 g/mol. The van der Waals surface area contributed by atoms with E-state index in [0.717, 1.165) is 25.7 Å². The van der Waals surface area contributed by atoms with Gasteiger partial charge in [0.25, 0.3) is 0 Å². The van der Waals surface area contributed by atoms with Crippen molar-refractivity contribution in [1.82, 2.24) is 0 Å². The maximum Gasteiger partial charge on any atom is 0.225 e. The lowest BCUT2D eigenvalue weighted by molar-refractivity contribution is -0.113. The summed E-state index contributed by atoms with van der Waals surface area (Å²) in [5.41, 5.74) is 0. The molecule has 3 atom stereocenters. The van der Waals surface area contributed by atoms with E-state index < -0.39 is 0 Å². The Hall–Kier alpha value is -0.300. The molecule has 1 fully saturated rings. The second-order valence-electron chi connectivity index (χ2n) is 3.78. The van der Waals surface area contributed by atoms with Crippen LogP contribution in [0.4, 0.5) is 0 Å². The zero-order valence-corrected chi connectivity index (χ0v) is 7.76. The molecule has 2 aliphatic rings. The fraction of sp³-hybridized carbons (Fsp3) is 0.700. The highest BCUT2D eigenvalue weighted by Crippen LogP contribution is 2.53. The van der Waals surface area contributed by atoms with E-state index in [4.69, 9.17) is 11.6 Å². The fourth-order valence-electron chi connectivity index (χ4n) is 2.38. The van der Waals surface area contributed by atoms with Crippen molar-refractivity contribution in [2.45, 2.75) is 25.7 Å². The van der Waals surface area contributed by atoms with E-state index in [-0.39, 0.29) is 11.2 Å². The highest BCUT2D eigenvalue weighted by Gasteiger charge is 2.52. The summed E-state index contributed by atoms with van der Waals surface area (Å²) in [6.07, 6.45) is 9.02. The molecule has 0 aromatic heterocycles. The largest absolute Gasteiger partial charge is 0.281 e. The molecule has 0 saturated heterocycles. The van der Waals surface area contributed by atoms with Crippen molar-refractivity contribution < 1.29 is 4.79 Å². The summed E-state index contributed by atoms with van der Waals surface area (Å²) < 4.78 is 0. The normalized spacial score (nSPS) is 42.2. The molecule has 0 bridgehead atoms. The molecule has 0 heterocycles. The van der Waals surface area contributed by atoms with Crippen molar-refractivity contribution in [2.75, 3.05) is 0 Å². The van der Waals surface area contributed by atoms with E-state index in [1.54, 1.807) is 0 Å². The minimum atomic E-state index is -0.105. The molecule has 2 aliphatic carbocycles. The van der Waals surface area contributed by atoms with E-state index in [9.17, 15) is 4.79 Å². The molecule has 66 valence electrons. The number of allylic oxidation sites excluding steroid dienone is 2. The summed E-state index contributed by atoms with van der Waals surface area (Å²) in [6.45, 7) is 0. The number of halogens is 1. The Morgan fingerprint density at radius 2 is 1.67 bits per heavy atom. The molecular formula is C10H13ClO. The quantitative estimate of drug-likeness (QED) is 0.453. The highest BCUT2D eigenvalue weighted by atomic mass is 35.5. The van der Waals surface area contributed by atoms with E-state index in [1.165, 1.54) is 0 Å². The maximum absolute atomic E-state index is 10.9. The number of rotatable bonds is 1. The molecule has 0 N–H and O–H groups in total. The SMILES string of the molecule is O=C(Cl)C1[C@H]2CC/C=C\CC[C@@H]12. The molecule has 2 rings (SSSR count). The zero-order valence-electron chi connectivity index (χ0n) is 7.00. The maximum atomic E-state index is 10.9. The van der Waals surface area contributed by atoms with Gasteiger partial charge < -0.3 is 0 Å². The number of hydrogen-bond donors (Lipinski definition) is 0. The van der Waals surface area contributed by atoms with Gasteiger partial charge in [-0.25, -0.2) is 0 Å². The van der Waals surface area contributed by atoms with Crippen LogP contribution in [0.5, 0.6) is 0 Å². The topological polar surface area (TPSA) is 17.1 Å². The lowest BCUT2D eigenvalue weighted by atomic mass is 10.1. The van der Waals surface area contributed by atoms with Crippen LogP contribution in [0.2, 0.25) is 0 Å². The van der Waals surface area contributed by atoms with Crippen LogP contribution in [-0.2, 0) is 4.79 Å². The monoisotopic (exact) mass is 184 g/mol. The van der Waals surface area contributed by atoms with E-state index in [2.05, 4.69) is 12.2 Å². The first kappa shape index (κ1) is 8.31. The highest BCUT2D eigenvalue weighted by molar-refractivity contribution is 6.64. The van der Waals surface area contributed by atoms with Gasteiger partial charge >= 0.3 is 0 Å². The Bertz CT molecular complexity index is 206. The number of carbonyl (C=O) groups is 1. The molecule has 0 spiro atoms. The molecule has 0 amide bonds. The summed E-state index contributed by atoms with van der Waals surface area (Å²) in [5, 5.41) is -0.105. The Balaban J connectivity index is 1.98. The summed E-state index contributed by atoms with van der Waals surface area (Å²) >= 11 is 5.50. The van der Waals surface area contributed by atoms with E-state index >= 15 is 0 Å². The second kappa shape index (κ2) is 3.21. The lowest BCUT2D eigenvalue weighted by Crippen LogP contribution is -1.92. The van der Waals surface area contributed by atoms with Gasteiger partial charge in [0.15, 0.2) is 0 Å². The molecule has 0 aromatic rings. The summed E-state index contributed by atoms with van der Waals surface area (Å²) in [7, 11) is 0. The minimum Gasteiger partial charge on any atom is -0.281 e. The van der Waals surface area contributed by atoms with Crippen molar-refractivity contribution in [2.24, 2.45) is 17.8 Å². The van der Waals surface area contributed by atoms with Gasteiger partial charge in [0.1, 0.15) is 0 Å². The van der Waals surface area contributed by atoms with Gasteiger partial charge in [-0.2, -0.15) is 0 Å². The van der Waals surface area contributed by atoms with Gasteiger partial charge in [-0.05, 0) is 49.1 Å². The Morgan fingerprint density at radius 1 is 1.17 bits per heavy atom. The van der Waals surface area contributed by atoms with Crippen molar-refractivity contribution in [3.63, 3.8) is 0 Å². The molecule has 0 radical (unpaired) electrons. The first-order valence-electron chi connectivity index (χ1n) is 4.65. The van der Waals surface area contributed by atoms with Crippen molar-refractivity contribution >= 4 is 16.8 Å². The standard InChI is InChI=1S/C10H13ClO/c11-10(12)9-7-5-3-1-2-4-6-8(7)9/h1-2,7-9H,3-6H2/b2-1-/t7-,8+,9?. The van der Waals surface area contributed by atoms with Crippen molar-refractivity contribution in [1.29, 1.82) is 0 Å². The van der Waals surface area contributed by atoms with Gasteiger partial charge in [0.2, 0.25) is 5.24 Å². The summed E-state index contributed by atoms with van der Waals surface area (Å²) in [5.74, 6) is 1.42. The predicted octanol–water partition coefficient (Wildman–Crippen LogP) is 2.74. The Labute approximate surface area is 77.8 Å². The average Bonchev–Trinajstić information content (AvgIpc) is 2.60. The van der Waals surface area contributed by atoms with Crippen LogP contribution in [0.1, 0.15) is 25.7 Å². The minimum absolute atomic E-state index is 0.105. The smallest absolute Gasteiger partial charge is 0.225 e.